The highest BCUT2D eigenvalue weighted by Gasteiger charge is 2.58. The Morgan fingerprint density at radius 1 is 0.600 bits per heavy atom. The molecule has 1 saturated heterocycles. The van der Waals surface area contributed by atoms with E-state index >= 15 is 0 Å². The SMILES string of the molecule is O=S(=O)(c1ccccc1)[C@@H]1[C@@H](S(=O)(=O)c2ccccc2)[C@H]2C=C[C@@H]1O2. The molecule has 2 aliphatic rings. The maximum absolute atomic E-state index is 13.1. The van der Waals surface area contributed by atoms with Crippen LogP contribution in [0.2, 0.25) is 0 Å². The minimum Gasteiger partial charge on any atom is -0.364 e. The van der Waals surface area contributed by atoms with E-state index in [1.165, 1.54) is 24.3 Å². The van der Waals surface area contributed by atoms with E-state index in [2.05, 4.69) is 0 Å². The van der Waals surface area contributed by atoms with Crippen LogP contribution in [0.4, 0.5) is 0 Å². The molecular weight excluding hydrogens is 360 g/mol. The van der Waals surface area contributed by atoms with Gasteiger partial charge in [0.15, 0.2) is 19.7 Å². The standard InChI is InChI=1S/C18H16O5S2/c19-24(20,13-7-3-1-4-8-13)17-15-11-12-16(23-15)18(17)25(21,22)14-9-5-2-6-10-14/h1-12,15-18H/t15-,16+,17-,18-/m0/s1. The predicted octanol–water partition coefficient (Wildman–Crippen LogP) is 2.01. The molecule has 1 fully saturated rings. The summed E-state index contributed by atoms with van der Waals surface area (Å²) in [6.07, 6.45) is 1.79. The van der Waals surface area contributed by atoms with Gasteiger partial charge in [0, 0.05) is 0 Å². The lowest BCUT2D eigenvalue weighted by Crippen LogP contribution is -2.45. The van der Waals surface area contributed by atoms with Gasteiger partial charge in [0.05, 0.1) is 22.0 Å². The number of ether oxygens (including phenoxy) is 1. The van der Waals surface area contributed by atoms with Crippen LogP contribution in [0.3, 0.4) is 0 Å². The summed E-state index contributed by atoms with van der Waals surface area (Å²) in [5, 5.41) is -2.31. The quantitative estimate of drug-likeness (QED) is 0.763. The number of rotatable bonds is 4. The summed E-state index contributed by atoms with van der Waals surface area (Å²) in [4.78, 5) is 0.218. The first-order chi connectivity index (χ1) is 11.9. The molecule has 25 heavy (non-hydrogen) atoms. The van der Waals surface area contributed by atoms with Crippen molar-refractivity contribution in [1.29, 1.82) is 0 Å². The van der Waals surface area contributed by atoms with E-state index in [1.807, 2.05) is 0 Å². The monoisotopic (exact) mass is 376 g/mol. The van der Waals surface area contributed by atoms with Crippen LogP contribution in [0, 0.1) is 0 Å². The number of fused-ring (bicyclic) bond motifs is 2. The van der Waals surface area contributed by atoms with Gasteiger partial charge in [-0.15, -0.1) is 0 Å². The van der Waals surface area contributed by atoms with Crippen LogP contribution in [-0.4, -0.2) is 39.5 Å². The fourth-order valence-electron chi connectivity index (χ4n) is 3.48. The zero-order chi connectivity index (χ0) is 17.7. The molecule has 2 aromatic carbocycles. The molecule has 2 bridgehead atoms. The van der Waals surface area contributed by atoms with Crippen molar-refractivity contribution in [2.24, 2.45) is 0 Å². The lowest BCUT2D eigenvalue weighted by molar-refractivity contribution is 0.121. The Morgan fingerprint density at radius 2 is 0.960 bits per heavy atom. The van der Waals surface area contributed by atoms with Gasteiger partial charge in [0.2, 0.25) is 0 Å². The second-order valence-corrected chi connectivity index (χ2v) is 10.3. The number of sulfone groups is 2. The molecule has 2 heterocycles. The van der Waals surface area contributed by atoms with E-state index in [0.29, 0.717) is 0 Å². The van der Waals surface area contributed by atoms with Crippen molar-refractivity contribution >= 4 is 19.7 Å². The lowest BCUT2D eigenvalue weighted by Gasteiger charge is -2.25. The number of hydrogen-bond acceptors (Lipinski definition) is 5. The van der Waals surface area contributed by atoms with Crippen LogP contribution >= 0.6 is 0 Å². The number of benzene rings is 2. The highest BCUT2D eigenvalue weighted by Crippen LogP contribution is 2.41. The largest absolute Gasteiger partial charge is 0.364 e. The van der Waals surface area contributed by atoms with Crippen molar-refractivity contribution in [1.82, 2.24) is 0 Å². The molecule has 7 heteroatoms. The Labute approximate surface area is 146 Å². The average Bonchev–Trinajstić information content (AvgIpc) is 3.25. The molecule has 0 spiro atoms. The van der Waals surface area contributed by atoms with Gasteiger partial charge in [0.1, 0.15) is 10.5 Å². The van der Waals surface area contributed by atoms with Crippen molar-refractivity contribution in [2.75, 3.05) is 0 Å². The van der Waals surface area contributed by atoms with Crippen LogP contribution in [0.1, 0.15) is 0 Å². The Hall–Kier alpha value is -1.96. The van der Waals surface area contributed by atoms with E-state index in [9.17, 15) is 16.8 Å². The Bertz CT molecular complexity index is 928. The van der Waals surface area contributed by atoms with E-state index in [-0.39, 0.29) is 9.79 Å². The normalized spacial score (nSPS) is 28.3. The smallest absolute Gasteiger partial charge is 0.185 e. The zero-order valence-corrected chi connectivity index (χ0v) is 14.7. The summed E-state index contributed by atoms with van der Waals surface area (Å²) in [7, 11) is -7.73. The molecule has 0 N–H and O–H groups in total. The van der Waals surface area contributed by atoms with Crippen molar-refractivity contribution in [3.8, 4) is 0 Å². The molecule has 0 saturated carbocycles. The molecule has 130 valence electrons. The second-order valence-electron chi connectivity index (χ2n) is 6.10. The third-order valence-corrected chi connectivity index (χ3v) is 9.22. The van der Waals surface area contributed by atoms with Crippen molar-refractivity contribution in [3.63, 3.8) is 0 Å². The van der Waals surface area contributed by atoms with E-state index in [0.717, 1.165) is 0 Å². The van der Waals surface area contributed by atoms with Gasteiger partial charge in [-0.25, -0.2) is 16.8 Å². The van der Waals surface area contributed by atoms with Crippen molar-refractivity contribution in [2.45, 2.75) is 32.5 Å². The van der Waals surface area contributed by atoms with Gasteiger partial charge >= 0.3 is 0 Å². The zero-order valence-electron chi connectivity index (χ0n) is 13.1. The molecule has 0 amide bonds. The molecule has 0 unspecified atom stereocenters. The van der Waals surface area contributed by atoms with E-state index in [1.54, 1.807) is 48.6 Å². The fraction of sp³-hybridized carbons (Fsp3) is 0.222. The molecule has 5 nitrogen and oxygen atoms in total. The van der Waals surface area contributed by atoms with Crippen LogP contribution in [0.25, 0.3) is 0 Å². The van der Waals surface area contributed by atoms with Crippen LogP contribution < -0.4 is 0 Å². The first-order valence-electron chi connectivity index (χ1n) is 7.84. The minimum absolute atomic E-state index is 0.109. The van der Waals surface area contributed by atoms with E-state index in [4.69, 9.17) is 4.74 Å². The highest BCUT2D eigenvalue weighted by atomic mass is 32.2. The molecule has 2 aromatic rings. The topological polar surface area (TPSA) is 77.5 Å². The van der Waals surface area contributed by atoms with Gasteiger partial charge in [-0.1, -0.05) is 48.6 Å². The van der Waals surface area contributed by atoms with Crippen LogP contribution in [0.5, 0.6) is 0 Å². The Balaban J connectivity index is 1.84. The maximum Gasteiger partial charge on any atom is 0.185 e. The molecule has 0 aromatic heterocycles. The van der Waals surface area contributed by atoms with Crippen LogP contribution in [-0.2, 0) is 24.4 Å². The van der Waals surface area contributed by atoms with Gasteiger partial charge < -0.3 is 4.74 Å². The van der Waals surface area contributed by atoms with Gasteiger partial charge in [-0.2, -0.15) is 0 Å². The lowest BCUT2D eigenvalue weighted by atomic mass is 10.1. The number of hydrogen-bond donors (Lipinski definition) is 0. The van der Waals surface area contributed by atoms with Gasteiger partial charge in [-0.3, -0.25) is 0 Å². The summed E-state index contributed by atoms with van der Waals surface area (Å²) in [5.41, 5.74) is 0. The Morgan fingerprint density at radius 3 is 1.32 bits per heavy atom. The first kappa shape index (κ1) is 16.5. The third kappa shape index (κ3) is 2.54. The molecule has 4 atom stereocenters. The summed E-state index contributed by atoms with van der Waals surface area (Å²) in [6.45, 7) is 0. The summed E-state index contributed by atoms with van der Waals surface area (Å²) in [6, 6.07) is 15.9. The van der Waals surface area contributed by atoms with E-state index < -0.39 is 42.4 Å². The summed E-state index contributed by atoms with van der Waals surface area (Å²) < 4.78 is 58.2. The maximum atomic E-state index is 13.1. The average molecular weight is 376 g/mol. The van der Waals surface area contributed by atoms with Crippen molar-refractivity contribution in [3.05, 3.63) is 72.8 Å². The van der Waals surface area contributed by atoms with Gasteiger partial charge in [0.25, 0.3) is 0 Å². The third-order valence-electron chi connectivity index (χ3n) is 4.64. The summed E-state index contributed by atoms with van der Waals surface area (Å²) >= 11 is 0. The molecular formula is C18H16O5S2. The molecule has 0 aliphatic carbocycles. The molecule has 0 radical (unpaired) electrons. The summed E-state index contributed by atoms with van der Waals surface area (Å²) in [5.74, 6) is 0. The Kier molecular flexibility index (Phi) is 3.82. The molecule has 2 aliphatic heterocycles. The second kappa shape index (κ2) is 5.79. The van der Waals surface area contributed by atoms with Crippen LogP contribution in [0.15, 0.2) is 82.6 Å². The minimum atomic E-state index is -3.87. The van der Waals surface area contributed by atoms with Gasteiger partial charge in [-0.05, 0) is 24.3 Å². The predicted molar refractivity (Wildman–Crippen MR) is 92.6 cm³/mol. The highest BCUT2D eigenvalue weighted by molar-refractivity contribution is 7.96. The van der Waals surface area contributed by atoms with Crippen molar-refractivity contribution < 1.29 is 21.6 Å². The molecule has 4 rings (SSSR count). The first-order valence-corrected chi connectivity index (χ1v) is 10.9. The fourth-order valence-corrected chi connectivity index (χ4v) is 8.09.